The molecule has 0 bridgehead atoms. The van der Waals surface area contributed by atoms with E-state index < -0.39 is 0 Å². The zero-order valence-corrected chi connectivity index (χ0v) is 15.5. The molecule has 1 aliphatic carbocycles. The summed E-state index contributed by atoms with van der Waals surface area (Å²) in [5.74, 6) is 1.45. The van der Waals surface area contributed by atoms with Crippen LogP contribution in [0.4, 0.5) is 5.69 Å². The first-order valence-electron chi connectivity index (χ1n) is 10.5. The van der Waals surface area contributed by atoms with Gasteiger partial charge in [-0.05, 0) is 54.9 Å². The van der Waals surface area contributed by atoms with Crippen molar-refractivity contribution in [1.29, 1.82) is 0 Å². The molecular weight excluding hydrogens is 318 g/mol. The highest BCUT2D eigenvalue weighted by Crippen LogP contribution is 2.48. The first-order valence-corrected chi connectivity index (χ1v) is 10.5. The predicted octanol–water partition coefficient (Wildman–Crippen LogP) is 6.20. The number of anilines is 1. The van der Waals surface area contributed by atoms with Crippen molar-refractivity contribution in [3.8, 4) is 11.1 Å². The minimum absolute atomic E-state index is 0.274. The van der Waals surface area contributed by atoms with Gasteiger partial charge in [-0.15, -0.1) is 0 Å². The second-order valence-corrected chi connectivity index (χ2v) is 8.33. The van der Waals surface area contributed by atoms with E-state index in [1.165, 1.54) is 67.3 Å². The summed E-state index contributed by atoms with van der Waals surface area (Å²) in [6.45, 7) is 0.910. The molecule has 136 valence electrons. The Morgan fingerprint density at radius 1 is 0.808 bits per heavy atom. The third-order valence-electron chi connectivity index (χ3n) is 6.77. The minimum Gasteiger partial charge on any atom is -0.381 e. The smallest absolute Gasteiger partial charge is 0.0892 e. The fraction of sp³-hybridized carbons (Fsp3) is 0.500. The first kappa shape index (κ1) is 16.4. The first-order chi connectivity index (χ1) is 12.9. The van der Waals surface area contributed by atoms with E-state index in [1.54, 1.807) is 0 Å². The van der Waals surface area contributed by atoms with E-state index in [9.17, 15) is 0 Å². The van der Waals surface area contributed by atoms with Crippen LogP contribution < -0.4 is 5.32 Å². The van der Waals surface area contributed by atoms with Crippen LogP contribution in [-0.4, -0.2) is 12.6 Å². The van der Waals surface area contributed by atoms with Crippen LogP contribution >= 0.6 is 0 Å². The van der Waals surface area contributed by atoms with Gasteiger partial charge in [0.2, 0.25) is 0 Å². The summed E-state index contributed by atoms with van der Waals surface area (Å²) in [5, 5.41) is 3.96. The predicted molar refractivity (Wildman–Crippen MR) is 107 cm³/mol. The van der Waals surface area contributed by atoms with Crippen LogP contribution in [0.25, 0.3) is 11.1 Å². The molecule has 0 unspecified atom stereocenters. The minimum atomic E-state index is 0.274. The van der Waals surface area contributed by atoms with Crippen LogP contribution in [-0.2, 0) is 4.74 Å². The van der Waals surface area contributed by atoms with Gasteiger partial charge >= 0.3 is 0 Å². The van der Waals surface area contributed by atoms with Gasteiger partial charge in [-0.2, -0.15) is 0 Å². The maximum atomic E-state index is 6.38. The lowest BCUT2D eigenvalue weighted by Crippen LogP contribution is -2.46. The van der Waals surface area contributed by atoms with Gasteiger partial charge in [-0.25, -0.2) is 0 Å². The van der Waals surface area contributed by atoms with Crippen molar-refractivity contribution in [2.45, 2.75) is 57.1 Å². The normalized spacial score (nSPS) is 28.7. The second kappa shape index (κ2) is 7.08. The molecule has 2 aromatic carbocycles. The zero-order chi connectivity index (χ0) is 17.3. The van der Waals surface area contributed by atoms with Crippen molar-refractivity contribution >= 4 is 5.69 Å². The molecule has 2 fully saturated rings. The SMILES string of the molecule is c1ccc(-c2ccc3c(c2)[C@H]2OCCC[C@H]2[C@H](C2CCCCC2)N3)cc1. The highest BCUT2D eigenvalue weighted by Gasteiger charge is 2.42. The van der Waals surface area contributed by atoms with Gasteiger partial charge in [0.05, 0.1) is 6.10 Å². The molecule has 1 saturated heterocycles. The molecule has 3 atom stereocenters. The summed E-state index contributed by atoms with van der Waals surface area (Å²) in [4.78, 5) is 0. The maximum Gasteiger partial charge on any atom is 0.0892 e. The number of rotatable bonds is 2. The Morgan fingerprint density at radius 3 is 2.50 bits per heavy atom. The van der Waals surface area contributed by atoms with Crippen LogP contribution in [0, 0.1) is 11.8 Å². The van der Waals surface area contributed by atoms with Crippen LogP contribution in [0.15, 0.2) is 48.5 Å². The number of fused-ring (bicyclic) bond motifs is 3. The molecular formula is C24H29NO. The lowest BCUT2D eigenvalue weighted by molar-refractivity contribution is -0.0457. The van der Waals surface area contributed by atoms with Crippen molar-refractivity contribution in [3.05, 3.63) is 54.1 Å². The highest BCUT2D eigenvalue weighted by atomic mass is 16.5. The molecule has 0 amide bonds. The van der Waals surface area contributed by atoms with Crippen LogP contribution in [0.3, 0.4) is 0 Å². The van der Waals surface area contributed by atoms with E-state index in [2.05, 4.69) is 53.8 Å². The molecule has 3 aliphatic rings. The van der Waals surface area contributed by atoms with Crippen molar-refractivity contribution in [2.24, 2.45) is 11.8 Å². The Bertz CT molecular complexity index is 750. The van der Waals surface area contributed by atoms with Gasteiger partial charge in [0.1, 0.15) is 0 Å². The fourth-order valence-electron chi connectivity index (χ4n) is 5.48. The van der Waals surface area contributed by atoms with Gasteiger partial charge in [0.25, 0.3) is 0 Å². The van der Waals surface area contributed by atoms with E-state index in [0.717, 1.165) is 12.5 Å². The lowest BCUT2D eigenvalue weighted by Gasteiger charge is -2.47. The zero-order valence-electron chi connectivity index (χ0n) is 15.5. The standard InChI is InChI=1S/C24H29NO/c1-3-8-17(9-4-1)19-13-14-22-21(16-19)24-20(12-7-15-26-24)23(25-22)18-10-5-2-6-11-18/h1,3-4,8-9,13-14,16,18,20,23-25H,2,5-7,10-12,15H2/t20-,23-,24-/m0/s1. The number of hydrogen-bond acceptors (Lipinski definition) is 2. The number of nitrogens with one attached hydrogen (secondary N) is 1. The average Bonchev–Trinajstić information content (AvgIpc) is 2.74. The molecule has 0 spiro atoms. The Morgan fingerprint density at radius 2 is 1.65 bits per heavy atom. The molecule has 2 nitrogen and oxygen atoms in total. The largest absolute Gasteiger partial charge is 0.381 e. The lowest BCUT2D eigenvalue weighted by atomic mass is 9.71. The third kappa shape index (κ3) is 2.95. The molecule has 1 N–H and O–H groups in total. The molecule has 0 aromatic heterocycles. The van der Waals surface area contributed by atoms with Gasteiger partial charge in [-0.3, -0.25) is 0 Å². The van der Waals surface area contributed by atoms with Gasteiger partial charge in [0, 0.05) is 29.8 Å². The summed E-state index contributed by atoms with van der Waals surface area (Å²) < 4.78 is 6.38. The molecule has 26 heavy (non-hydrogen) atoms. The number of hydrogen-bond donors (Lipinski definition) is 1. The Kier molecular flexibility index (Phi) is 4.46. The summed E-state index contributed by atoms with van der Waals surface area (Å²) in [6.07, 6.45) is 9.78. The number of benzene rings is 2. The topological polar surface area (TPSA) is 21.3 Å². The van der Waals surface area contributed by atoms with E-state index >= 15 is 0 Å². The van der Waals surface area contributed by atoms with Crippen molar-refractivity contribution in [1.82, 2.24) is 0 Å². The summed E-state index contributed by atoms with van der Waals surface area (Å²) >= 11 is 0. The van der Waals surface area contributed by atoms with E-state index in [4.69, 9.17) is 4.74 Å². The third-order valence-corrected chi connectivity index (χ3v) is 6.77. The average molecular weight is 348 g/mol. The molecule has 0 radical (unpaired) electrons. The Hall–Kier alpha value is -1.80. The van der Waals surface area contributed by atoms with E-state index in [0.29, 0.717) is 12.0 Å². The van der Waals surface area contributed by atoms with Crippen molar-refractivity contribution < 1.29 is 4.74 Å². The van der Waals surface area contributed by atoms with Gasteiger partial charge in [0.15, 0.2) is 0 Å². The Balaban J connectivity index is 1.51. The summed E-state index contributed by atoms with van der Waals surface area (Å²) in [7, 11) is 0. The Labute approximate surface area is 157 Å². The van der Waals surface area contributed by atoms with Gasteiger partial charge < -0.3 is 10.1 Å². The second-order valence-electron chi connectivity index (χ2n) is 8.33. The van der Waals surface area contributed by atoms with E-state index in [-0.39, 0.29) is 6.10 Å². The molecule has 2 heterocycles. The summed E-state index contributed by atoms with van der Waals surface area (Å²) in [6, 6.07) is 18.2. The molecule has 2 aromatic rings. The van der Waals surface area contributed by atoms with Crippen molar-refractivity contribution in [3.63, 3.8) is 0 Å². The highest BCUT2D eigenvalue weighted by molar-refractivity contribution is 5.70. The molecule has 5 rings (SSSR count). The van der Waals surface area contributed by atoms with E-state index in [1.807, 2.05) is 0 Å². The molecule has 1 saturated carbocycles. The van der Waals surface area contributed by atoms with Crippen LogP contribution in [0.5, 0.6) is 0 Å². The maximum absolute atomic E-state index is 6.38. The van der Waals surface area contributed by atoms with Gasteiger partial charge in [-0.1, -0.05) is 55.7 Å². The van der Waals surface area contributed by atoms with Crippen LogP contribution in [0.2, 0.25) is 0 Å². The van der Waals surface area contributed by atoms with Crippen molar-refractivity contribution in [2.75, 3.05) is 11.9 Å². The molecule has 2 aliphatic heterocycles. The fourth-order valence-corrected chi connectivity index (χ4v) is 5.48. The summed E-state index contributed by atoms with van der Waals surface area (Å²) in [5.41, 5.74) is 5.28. The number of ether oxygens (including phenoxy) is 1. The van der Waals surface area contributed by atoms with Crippen LogP contribution in [0.1, 0.15) is 56.6 Å². The quantitative estimate of drug-likeness (QED) is 0.699. The monoisotopic (exact) mass is 347 g/mol. The molecule has 2 heteroatoms.